The van der Waals surface area contributed by atoms with E-state index in [1.54, 1.807) is 0 Å². The van der Waals surface area contributed by atoms with Crippen LogP contribution in [0, 0.1) is 0 Å². The van der Waals surface area contributed by atoms with Crippen molar-refractivity contribution in [2.75, 3.05) is 13.2 Å². The van der Waals surface area contributed by atoms with Gasteiger partial charge < -0.3 is 15.2 Å². The molecule has 0 aromatic heterocycles. The van der Waals surface area contributed by atoms with E-state index in [2.05, 4.69) is 26.1 Å². The van der Waals surface area contributed by atoms with Crippen LogP contribution in [0.1, 0.15) is 90.9 Å². The summed E-state index contributed by atoms with van der Waals surface area (Å²) in [6.07, 6.45) is 15.1. The monoisotopic (exact) mass is 371 g/mol. The maximum atomic E-state index is 5.65. The summed E-state index contributed by atoms with van der Waals surface area (Å²) in [5, 5.41) is 0. The van der Waals surface area contributed by atoms with E-state index in [0.717, 1.165) is 12.8 Å². The highest BCUT2D eigenvalue weighted by Crippen LogP contribution is 2.53. The Kier molecular flexibility index (Phi) is 20.8. The van der Waals surface area contributed by atoms with Gasteiger partial charge in [-0.25, -0.2) is 0 Å². The molecule has 3 N–H and O–H groups in total. The molecule has 22 heavy (non-hydrogen) atoms. The van der Waals surface area contributed by atoms with Crippen LogP contribution in [0.15, 0.2) is 0 Å². The second kappa shape index (κ2) is 18.2. The summed E-state index contributed by atoms with van der Waals surface area (Å²) >= 11 is 9.70. The van der Waals surface area contributed by atoms with Crippen molar-refractivity contribution in [3.05, 3.63) is 0 Å². The fourth-order valence-corrected chi connectivity index (χ4v) is 3.89. The second-order valence-electron chi connectivity index (χ2n) is 5.67. The summed E-state index contributed by atoms with van der Waals surface area (Å²) in [4.78, 5) is 0. The lowest BCUT2D eigenvalue weighted by Crippen LogP contribution is -1.96. The molecule has 0 aromatic rings. The maximum absolute atomic E-state index is 5.65. The molecule has 0 bridgehead atoms. The molecule has 0 aromatic carbocycles. The molecule has 0 radical (unpaired) electrons. The highest BCUT2D eigenvalue weighted by Gasteiger charge is 2.12. The second-order valence-corrected chi connectivity index (χ2v) is 11.0. The highest BCUT2D eigenvalue weighted by atomic mass is 32.9. The molecule has 136 valence electrons. The molecule has 0 saturated heterocycles. The molecule has 0 amide bonds. The fraction of sp³-hybridized carbons (Fsp3) is 1.00. The summed E-state index contributed by atoms with van der Waals surface area (Å²) in [6, 6.07) is 0. The molecule has 0 fully saturated rings. The minimum absolute atomic E-state index is 0. The van der Waals surface area contributed by atoms with Crippen LogP contribution < -0.4 is 6.15 Å². The predicted octanol–water partition coefficient (Wildman–Crippen LogP) is 7.06. The van der Waals surface area contributed by atoms with Crippen molar-refractivity contribution in [1.82, 2.24) is 6.15 Å². The van der Waals surface area contributed by atoms with Gasteiger partial charge in [0, 0.05) is 0 Å². The summed E-state index contributed by atoms with van der Waals surface area (Å²) in [5.41, 5.74) is -2.29. The van der Waals surface area contributed by atoms with Crippen LogP contribution in [0.3, 0.4) is 0 Å². The van der Waals surface area contributed by atoms with Crippen molar-refractivity contribution in [2.24, 2.45) is 0 Å². The zero-order valence-electron chi connectivity index (χ0n) is 14.7. The summed E-state index contributed by atoms with van der Waals surface area (Å²) in [7, 11) is 0. The van der Waals surface area contributed by atoms with Gasteiger partial charge in [0.15, 0.2) is 0 Å². The fourth-order valence-electron chi connectivity index (χ4n) is 2.16. The smallest absolute Gasteiger partial charge is 0.244 e. The minimum atomic E-state index is -2.29. The van der Waals surface area contributed by atoms with Crippen LogP contribution in [-0.4, -0.2) is 13.2 Å². The van der Waals surface area contributed by atoms with E-state index in [0.29, 0.717) is 13.2 Å². The number of unbranched alkanes of at least 4 members (excludes halogenated alkanes) is 10. The first-order valence-corrected chi connectivity index (χ1v) is 12.5. The first kappa shape index (κ1) is 25.1. The van der Waals surface area contributed by atoms with E-state index in [4.69, 9.17) is 20.9 Å². The van der Waals surface area contributed by atoms with Crippen molar-refractivity contribution < 1.29 is 9.05 Å². The van der Waals surface area contributed by atoms with Gasteiger partial charge in [0.1, 0.15) is 0 Å². The molecule has 0 spiro atoms. The summed E-state index contributed by atoms with van der Waals surface area (Å²) in [5.74, 6) is 0. The van der Waals surface area contributed by atoms with Gasteiger partial charge in [-0.05, 0) is 24.6 Å². The quantitative estimate of drug-likeness (QED) is 0.173. The first-order valence-electron chi connectivity index (χ1n) is 8.74. The number of hydrogen-bond acceptors (Lipinski definition) is 4. The van der Waals surface area contributed by atoms with Crippen LogP contribution in [-0.2, 0) is 20.9 Å². The lowest BCUT2D eigenvalue weighted by molar-refractivity contribution is 0.250. The lowest BCUT2D eigenvalue weighted by atomic mass is 10.1. The number of hydrogen-bond donors (Lipinski definition) is 2. The normalized spacial score (nSPS) is 11.4. The van der Waals surface area contributed by atoms with Crippen molar-refractivity contribution in [2.45, 2.75) is 90.9 Å². The van der Waals surface area contributed by atoms with Gasteiger partial charge in [-0.3, -0.25) is 0 Å². The Morgan fingerprint density at radius 2 is 1.00 bits per heavy atom. The zero-order valence-corrected chi connectivity index (χ0v) is 17.3. The third-order valence-electron chi connectivity index (χ3n) is 3.50. The third kappa shape index (κ3) is 18.9. The molecule has 0 unspecified atom stereocenters. The first-order chi connectivity index (χ1) is 10.1. The minimum Gasteiger partial charge on any atom is -0.344 e. The Balaban J connectivity index is 0. The summed E-state index contributed by atoms with van der Waals surface area (Å²) in [6.45, 7) is 5.87. The van der Waals surface area contributed by atoms with E-state index in [1.165, 1.54) is 64.2 Å². The van der Waals surface area contributed by atoms with Gasteiger partial charge >= 0.3 is 0 Å². The third-order valence-corrected chi connectivity index (χ3v) is 5.85. The Bertz CT molecular complexity index is 247. The van der Waals surface area contributed by atoms with Gasteiger partial charge in [0.05, 0.1) is 13.2 Å². The number of thiol groups is 1. The molecular formula is C16H38NO2PS2. The molecule has 0 atom stereocenters. The van der Waals surface area contributed by atoms with Gasteiger partial charge in [-0.1, -0.05) is 90.3 Å². The van der Waals surface area contributed by atoms with Crippen molar-refractivity contribution in [1.29, 1.82) is 0 Å². The average molecular weight is 372 g/mol. The topological polar surface area (TPSA) is 53.5 Å². The van der Waals surface area contributed by atoms with Crippen molar-refractivity contribution >= 4 is 29.7 Å². The molecule has 6 heteroatoms. The Morgan fingerprint density at radius 1 is 0.682 bits per heavy atom. The average Bonchev–Trinajstić information content (AvgIpc) is 2.45. The Labute approximate surface area is 149 Å². The maximum Gasteiger partial charge on any atom is 0.244 e. The molecule has 0 aliphatic rings. The van der Waals surface area contributed by atoms with Crippen LogP contribution in [0.2, 0.25) is 0 Å². The van der Waals surface area contributed by atoms with Crippen molar-refractivity contribution in [3.63, 3.8) is 0 Å². The van der Waals surface area contributed by atoms with E-state index in [1.807, 2.05) is 0 Å². The Morgan fingerprint density at radius 3 is 1.36 bits per heavy atom. The Hall–Kier alpha value is 0.880. The van der Waals surface area contributed by atoms with Crippen LogP contribution in [0.25, 0.3) is 0 Å². The van der Waals surface area contributed by atoms with E-state index in [9.17, 15) is 0 Å². The molecule has 0 rings (SSSR count). The zero-order chi connectivity index (χ0) is 15.8. The lowest BCUT2D eigenvalue weighted by Gasteiger charge is -2.16. The van der Waals surface area contributed by atoms with E-state index < -0.39 is 5.69 Å². The van der Waals surface area contributed by atoms with Crippen molar-refractivity contribution in [3.8, 4) is 0 Å². The van der Waals surface area contributed by atoms with Crippen LogP contribution in [0.5, 0.6) is 0 Å². The summed E-state index contributed by atoms with van der Waals surface area (Å²) < 4.78 is 11.3. The highest BCUT2D eigenvalue weighted by molar-refractivity contribution is 8.60. The van der Waals surface area contributed by atoms with E-state index >= 15 is 0 Å². The number of rotatable bonds is 16. The predicted molar refractivity (Wildman–Crippen MR) is 107 cm³/mol. The van der Waals surface area contributed by atoms with Crippen LogP contribution in [0.4, 0.5) is 0 Å². The SMILES string of the molecule is CCCCCCCCOP(=S)(S)OCCCCCCCC.N. The van der Waals surface area contributed by atoms with Crippen LogP contribution >= 0.6 is 17.9 Å². The molecule has 3 nitrogen and oxygen atoms in total. The molecule has 0 aliphatic carbocycles. The molecule has 0 saturated carbocycles. The van der Waals surface area contributed by atoms with E-state index in [-0.39, 0.29) is 6.15 Å². The van der Waals surface area contributed by atoms with Gasteiger partial charge in [-0.2, -0.15) is 0 Å². The molecule has 0 heterocycles. The largest absolute Gasteiger partial charge is 0.344 e. The molecule has 0 aliphatic heterocycles. The van der Waals surface area contributed by atoms with Gasteiger partial charge in [-0.15, -0.1) is 0 Å². The standard InChI is InChI=1S/C16H35O2PS2.H3N/c1-3-5-7-9-11-13-15-17-19(20,21)18-16-14-12-10-8-6-4-2;/h3-16H2,1-2H3,(H,20,21);1H3. The molecular weight excluding hydrogens is 333 g/mol. The van der Waals surface area contributed by atoms with Gasteiger partial charge in [0.2, 0.25) is 5.69 Å². The van der Waals surface area contributed by atoms with Gasteiger partial charge in [0.25, 0.3) is 0 Å².